The van der Waals surface area contributed by atoms with Crippen LogP contribution in [0.5, 0.6) is 5.75 Å². The maximum Gasteiger partial charge on any atom is 0.335 e. The van der Waals surface area contributed by atoms with E-state index < -0.39 is 17.8 Å². The third-order valence-corrected chi connectivity index (χ3v) is 11.1. The molecule has 4 bridgehead atoms. The van der Waals surface area contributed by atoms with Crippen molar-refractivity contribution in [2.45, 2.75) is 50.5 Å². The Balaban J connectivity index is 1.11. The molecule has 5 fully saturated rings. The fraction of sp³-hybridized carbons (Fsp3) is 0.324. The highest BCUT2D eigenvalue weighted by Gasteiger charge is 2.51. The Hall–Kier alpha value is -2.69. The fourth-order valence-electron chi connectivity index (χ4n) is 8.02. The van der Waals surface area contributed by atoms with Gasteiger partial charge in [0, 0.05) is 3.57 Å². The zero-order chi connectivity index (χ0) is 29.9. The standard InChI is InChI=1S/C34H29BrClIN2O4/c35-28-13-20(14-29(36)30(28)43-18-19-1-5-25(37)6-2-19)12-27-31(40)38-33(42)39(32(27)41)26-7-3-24(4-8-26)34-15-21-9-22(16-34)11-23(10-21)17-34/h1-8,12-14,21-23H,9-11,15-18H2,(H,38,40,42)/b27-12+. The summed E-state index contributed by atoms with van der Waals surface area (Å²) in [5.41, 5.74) is 3.31. The first kappa shape index (κ1) is 29.0. The number of imide groups is 2. The van der Waals surface area contributed by atoms with Crippen molar-refractivity contribution in [2.75, 3.05) is 4.90 Å². The minimum absolute atomic E-state index is 0.153. The number of nitrogens with one attached hydrogen (secondary N) is 1. The van der Waals surface area contributed by atoms with E-state index in [0.717, 1.165) is 31.8 Å². The van der Waals surface area contributed by atoms with Gasteiger partial charge in [-0.1, -0.05) is 35.9 Å². The van der Waals surface area contributed by atoms with Crippen molar-refractivity contribution >= 4 is 79.7 Å². The molecule has 1 heterocycles. The second-order valence-corrected chi connectivity index (χ2v) is 14.9. The average Bonchev–Trinajstić information content (AvgIpc) is 2.95. The van der Waals surface area contributed by atoms with Crippen LogP contribution in [0.3, 0.4) is 0 Å². The average molecular weight is 772 g/mol. The minimum atomic E-state index is -0.756. The fourth-order valence-corrected chi connectivity index (χ4v) is 9.37. The van der Waals surface area contributed by atoms with E-state index in [-0.39, 0.29) is 11.0 Å². The predicted molar refractivity (Wildman–Crippen MR) is 178 cm³/mol. The molecule has 0 radical (unpaired) electrons. The monoisotopic (exact) mass is 770 g/mol. The Morgan fingerprint density at radius 3 is 2.19 bits per heavy atom. The second-order valence-electron chi connectivity index (χ2n) is 12.4. The van der Waals surface area contributed by atoms with Crippen molar-refractivity contribution in [3.05, 3.63) is 96.0 Å². The van der Waals surface area contributed by atoms with Gasteiger partial charge in [0.15, 0.2) is 5.75 Å². The lowest BCUT2D eigenvalue weighted by atomic mass is 9.48. The molecule has 1 N–H and O–H groups in total. The van der Waals surface area contributed by atoms with Crippen molar-refractivity contribution in [3.63, 3.8) is 0 Å². The van der Waals surface area contributed by atoms with Crippen LogP contribution in [0.25, 0.3) is 6.08 Å². The van der Waals surface area contributed by atoms with Crippen LogP contribution in [0.4, 0.5) is 10.5 Å². The van der Waals surface area contributed by atoms with E-state index in [0.29, 0.717) is 33.1 Å². The number of carbonyl (C=O) groups is 3. The molecule has 3 aromatic carbocycles. The number of hydrogen-bond donors (Lipinski definition) is 1. The van der Waals surface area contributed by atoms with Crippen molar-refractivity contribution in [1.82, 2.24) is 5.32 Å². The molecular weight excluding hydrogens is 743 g/mol. The van der Waals surface area contributed by atoms with Crippen LogP contribution in [-0.2, 0) is 21.6 Å². The van der Waals surface area contributed by atoms with Crippen molar-refractivity contribution in [3.8, 4) is 5.75 Å². The van der Waals surface area contributed by atoms with Crippen LogP contribution in [-0.4, -0.2) is 17.8 Å². The number of urea groups is 1. The summed E-state index contributed by atoms with van der Waals surface area (Å²) < 4.78 is 7.67. The molecule has 0 spiro atoms. The second kappa shape index (κ2) is 11.3. The SMILES string of the molecule is O=C1NC(=O)N(c2ccc(C34CC5CC(CC(C5)C3)C4)cc2)C(=O)/C1=C/c1cc(Cl)c(OCc2ccc(I)cc2)c(Br)c1. The largest absolute Gasteiger partial charge is 0.486 e. The van der Waals surface area contributed by atoms with Crippen molar-refractivity contribution in [2.24, 2.45) is 17.8 Å². The smallest absolute Gasteiger partial charge is 0.335 e. The molecule has 3 aromatic rings. The summed E-state index contributed by atoms with van der Waals surface area (Å²) in [7, 11) is 0. The highest BCUT2D eigenvalue weighted by molar-refractivity contribution is 14.1. The number of ether oxygens (including phenoxy) is 1. The van der Waals surface area contributed by atoms with Gasteiger partial charge in [-0.25, -0.2) is 9.69 Å². The third kappa shape index (κ3) is 5.55. The summed E-state index contributed by atoms with van der Waals surface area (Å²) >= 11 is 12.3. The molecule has 9 heteroatoms. The summed E-state index contributed by atoms with van der Waals surface area (Å²) in [4.78, 5) is 40.3. The first-order valence-corrected chi connectivity index (χ1v) is 16.8. The Bertz CT molecular complexity index is 1610. The molecule has 220 valence electrons. The molecule has 4 saturated carbocycles. The number of barbiturate groups is 1. The van der Waals surface area contributed by atoms with Crippen LogP contribution in [0.2, 0.25) is 5.02 Å². The normalized spacial score (nSPS) is 27.1. The first-order valence-electron chi connectivity index (χ1n) is 14.6. The molecule has 1 aliphatic heterocycles. The van der Waals surface area contributed by atoms with Crippen LogP contribution in [0.15, 0.2) is 70.7 Å². The number of hydrogen-bond acceptors (Lipinski definition) is 4. The Kier molecular flexibility index (Phi) is 7.66. The Morgan fingerprint density at radius 1 is 0.953 bits per heavy atom. The van der Waals surface area contributed by atoms with E-state index in [4.69, 9.17) is 16.3 Å². The molecule has 0 unspecified atom stereocenters. The summed E-state index contributed by atoms with van der Waals surface area (Å²) in [6.07, 6.45) is 9.25. The summed E-state index contributed by atoms with van der Waals surface area (Å²) in [5.74, 6) is 1.49. The predicted octanol–water partition coefficient (Wildman–Crippen LogP) is 8.42. The van der Waals surface area contributed by atoms with Gasteiger partial charge in [0.05, 0.1) is 15.2 Å². The Morgan fingerprint density at radius 2 is 1.58 bits per heavy atom. The number of amides is 4. The van der Waals surface area contributed by atoms with Crippen LogP contribution >= 0.6 is 50.1 Å². The van der Waals surface area contributed by atoms with Gasteiger partial charge in [0.25, 0.3) is 11.8 Å². The van der Waals surface area contributed by atoms with Gasteiger partial charge in [-0.05, 0) is 159 Å². The summed E-state index contributed by atoms with van der Waals surface area (Å²) in [6, 6.07) is 18.4. The van der Waals surface area contributed by atoms with E-state index in [1.54, 1.807) is 12.1 Å². The lowest BCUT2D eigenvalue weighted by Gasteiger charge is -2.57. The zero-order valence-corrected chi connectivity index (χ0v) is 27.7. The third-order valence-electron chi connectivity index (χ3n) is 9.51. The van der Waals surface area contributed by atoms with Crippen molar-refractivity contribution in [1.29, 1.82) is 0 Å². The van der Waals surface area contributed by atoms with E-state index in [2.05, 4.69) is 56.0 Å². The van der Waals surface area contributed by atoms with Gasteiger partial charge in [0.2, 0.25) is 0 Å². The Labute approximate surface area is 277 Å². The number of rotatable bonds is 6. The maximum absolute atomic E-state index is 13.6. The molecule has 0 aromatic heterocycles. The van der Waals surface area contributed by atoms with Crippen molar-refractivity contribution < 1.29 is 19.1 Å². The number of halogens is 3. The van der Waals surface area contributed by atoms with E-state index >= 15 is 0 Å². The molecular formula is C34H29BrClIN2O4. The van der Waals surface area contributed by atoms with Gasteiger partial charge in [-0.15, -0.1) is 0 Å². The lowest BCUT2D eigenvalue weighted by molar-refractivity contribution is -0.122. The molecule has 4 aliphatic carbocycles. The summed E-state index contributed by atoms with van der Waals surface area (Å²) in [6.45, 7) is 0.329. The molecule has 4 amide bonds. The number of benzene rings is 3. The topological polar surface area (TPSA) is 75.7 Å². The zero-order valence-electron chi connectivity index (χ0n) is 23.2. The number of nitrogens with zero attached hydrogens (tertiary/aromatic N) is 1. The van der Waals surface area contributed by atoms with E-state index in [9.17, 15) is 14.4 Å². The quantitative estimate of drug-likeness (QED) is 0.155. The maximum atomic E-state index is 13.6. The molecule has 43 heavy (non-hydrogen) atoms. The molecule has 5 aliphatic rings. The van der Waals surface area contributed by atoms with Gasteiger partial charge < -0.3 is 4.74 Å². The highest BCUT2D eigenvalue weighted by Crippen LogP contribution is 2.60. The van der Waals surface area contributed by atoms with E-state index in [1.807, 2.05) is 36.4 Å². The van der Waals surface area contributed by atoms with Gasteiger partial charge >= 0.3 is 6.03 Å². The van der Waals surface area contributed by atoms with Crippen LogP contribution in [0.1, 0.15) is 55.2 Å². The summed E-state index contributed by atoms with van der Waals surface area (Å²) in [5, 5.41) is 2.65. The van der Waals surface area contributed by atoms with Gasteiger partial charge in [0.1, 0.15) is 12.2 Å². The molecule has 8 rings (SSSR count). The highest BCUT2D eigenvalue weighted by atomic mass is 127. The van der Waals surface area contributed by atoms with E-state index in [1.165, 1.54) is 50.2 Å². The first-order chi connectivity index (χ1) is 20.7. The number of anilines is 1. The van der Waals surface area contributed by atoms with Gasteiger partial charge in [-0.2, -0.15) is 0 Å². The molecule has 6 nitrogen and oxygen atoms in total. The van der Waals surface area contributed by atoms with Crippen LogP contribution < -0.4 is 15.0 Å². The molecule has 1 saturated heterocycles. The van der Waals surface area contributed by atoms with Gasteiger partial charge in [-0.3, -0.25) is 14.9 Å². The number of carbonyl (C=O) groups excluding carboxylic acids is 3. The molecule has 0 atom stereocenters. The van der Waals surface area contributed by atoms with Crippen LogP contribution in [0, 0.1) is 21.3 Å². The minimum Gasteiger partial charge on any atom is -0.486 e. The lowest BCUT2D eigenvalue weighted by Crippen LogP contribution is -2.54.